The first-order valence-corrected chi connectivity index (χ1v) is 16.7. The van der Waals surface area contributed by atoms with Crippen molar-refractivity contribution in [3.63, 3.8) is 0 Å². The van der Waals surface area contributed by atoms with Gasteiger partial charge in [-0.05, 0) is 55.7 Å². The zero-order valence-corrected chi connectivity index (χ0v) is 27.0. The van der Waals surface area contributed by atoms with Gasteiger partial charge in [0.25, 0.3) is 11.8 Å². The molecule has 0 saturated carbocycles. The molecule has 244 valence electrons. The molecule has 2 aliphatic rings. The van der Waals surface area contributed by atoms with E-state index in [0.717, 1.165) is 29.8 Å². The largest absolute Gasteiger partial charge is 0.463 e. The number of nitriles is 1. The summed E-state index contributed by atoms with van der Waals surface area (Å²) >= 11 is 0. The summed E-state index contributed by atoms with van der Waals surface area (Å²) < 4.78 is 40.0. The maximum atomic E-state index is 13.7. The summed E-state index contributed by atoms with van der Waals surface area (Å²) in [6, 6.07) is 17.8. The van der Waals surface area contributed by atoms with Crippen molar-refractivity contribution in [3.05, 3.63) is 83.1 Å². The predicted octanol–water partition coefficient (Wildman–Crippen LogP) is 3.89. The molecule has 3 aromatic rings. The second-order valence-corrected chi connectivity index (χ2v) is 13.0. The normalized spacial score (nSPS) is 16.9. The minimum absolute atomic E-state index is 0.0202. The molecule has 2 aliphatic heterocycles. The van der Waals surface area contributed by atoms with E-state index in [1.807, 2.05) is 36.4 Å². The van der Waals surface area contributed by atoms with Crippen LogP contribution in [0.25, 0.3) is 23.0 Å². The van der Waals surface area contributed by atoms with Crippen molar-refractivity contribution in [1.82, 2.24) is 19.0 Å². The van der Waals surface area contributed by atoms with E-state index in [9.17, 15) is 28.1 Å². The second kappa shape index (κ2) is 14.7. The first-order chi connectivity index (χ1) is 22.6. The number of piperidine rings is 1. The third kappa shape index (κ3) is 7.41. The summed E-state index contributed by atoms with van der Waals surface area (Å²) in [6.07, 6.45) is 6.01. The Hall–Kier alpha value is -4.90. The number of hydrogen-bond acceptors (Lipinski definition) is 9. The van der Waals surface area contributed by atoms with Crippen molar-refractivity contribution < 1.29 is 32.3 Å². The number of para-hydroxylation sites is 1. The lowest BCUT2D eigenvalue weighted by molar-refractivity contribution is -0.142. The van der Waals surface area contributed by atoms with E-state index < -0.39 is 27.8 Å². The van der Waals surface area contributed by atoms with Gasteiger partial charge >= 0.3 is 5.97 Å². The molecule has 47 heavy (non-hydrogen) atoms. The van der Waals surface area contributed by atoms with E-state index in [-0.39, 0.29) is 48.0 Å². The van der Waals surface area contributed by atoms with Gasteiger partial charge in [-0.1, -0.05) is 36.8 Å². The summed E-state index contributed by atoms with van der Waals surface area (Å²) in [5.41, 5.74) is 2.57. The van der Waals surface area contributed by atoms with Gasteiger partial charge in [0.15, 0.2) is 0 Å². The quantitative estimate of drug-likeness (QED) is 0.129. The topological polar surface area (TPSA) is 152 Å². The average Bonchev–Trinajstić information content (AvgIpc) is 3.51. The molecule has 1 aromatic heterocycles. The summed E-state index contributed by atoms with van der Waals surface area (Å²) in [6.45, 7) is 3.80. The maximum absolute atomic E-state index is 13.7. The highest BCUT2D eigenvalue weighted by atomic mass is 32.2. The zero-order valence-electron chi connectivity index (χ0n) is 26.2. The Kier molecular flexibility index (Phi) is 10.5. The Morgan fingerprint density at radius 2 is 1.68 bits per heavy atom. The van der Waals surface area contributed by atoms with Crippen LogP contribution in [0, 0.1) is 11.3 Å². The van der Waals surface area contributed by atoms with Crippen LogP contribution in [0.1, 0.15) is 38.7 Å². The summed E-state index contributed by atoms with van der Waals surface area (Å²) in [7, 11) is -3.64. The highest BCUT2D eigenvalue weighted by Gasteiger charge is 2.35. The smallest absolute Gasteiger partial charge is 0.302 e. The number of hydrogen-bond donors (Lipinski definition) is 0. The lowest BCUT2D eigenvalue weighted by atomic mass is 9.93. The Labute approximate surface area is 273 Å². The third-order valence-corrected chi connectivity index (χ3v) is 9.87. The van der Waals surface area contributed by atoms with Crippen LogP contribution in [-0.2, 0) is 33.9 Å². The zero-order chi connectivity index (χ0) is 33.6. The van der Waals surface area contributed by atoms with E-state index in [1.165, 1.54) is 11.2 Å². The van der Waals surface area contributed by atoms with Gasteiger partial charge in [-0.15, -0.1) is 0 Å². The van der Waals surface area contributed by atoms with Gasteiger partial charge < -0.3 is 9.47 Å². The molecule has 13 heteroatoms. The van der Waals surface area contributed by atoms with Crippen LogP contribution in [0.15, 0.2) is 82.4 Å². The Morgan fingerprint density at radius 3 is 2.34 bits per heavy atom. The minimum atomic E-state index is -3.64. The molecule has 3 heterocycles. The fraction of sp³-hybridized carbons (Fsp3) is 0.324. The van der Waals surface area contributed by atoms with Crippen molar-refractivity contribution in [2.75, 3.05) is 39.5 Å². The average molecular weight is 658 g/mol. The van der Waals surface area contributed by atoms with Crippen molar-refractivity contribution in [2.24, 2.45) is 0 Å². The first kappa shape index (κ1) is 33.5. The van der Waals surface area contributed by atoms with E-state index in [4.69, 9.17) is 14.6 Å². The fourth-order valence-electron chi connectivity index (χ4n) is 5.46. The summed E-state index contributed by atoms with van der Waals surface area (Å²) in [5.74, 6) is -1.77. The highest BCUT2D eigenvalue weighted by Crippen LogP contribution is 2.32. The Morgan fingerprint density at radius 1 is 0.979 bits per heavy atom. The van der Waals surface area contributed by atoms with Crippen LogP contribution in [0.2, 0.25) is 0 Å². The molecule has 12 nitrogen and oxygen atoms in total. The van der Waals surface area contributed by atoms with Crippen molar-refractivity contribution in [3.8, 4) is 23.0 Å². The number of esters is 1. The number of amides is 2. The molecular weight excluding hydrogens is 622 g/mol. The van der Waals surface area contributed by atoms with Crippen molar-refractivity contribution in [2.45, 2.75) is 38.0 Å². The molecule has 0 N–H and O–H groups in total. The number of benzene rings is 2. The number of nitrogens with zero attached hydrogens (tertiary/aromatic N) is 5. The monoisotopic (exact) mass is 657 g/mol. The van der Waals surface area contributed by atoms with Crippen LogP contribution in [-0.4, -0.2) is 84.6 Å². The van der Waals surface area contributed by atoms with Gasteiger partial charge in [-0.2, -0.15) is 14.7 Å². The Balaban J connectivity index is 1.50. The van der Waals surface area contributed by atoms with Crippen LogP contribution >= 0.6 is 0 Å². The highest BCUT2D eigenvalue weighted by molar-refractivity contribution is 7.89. The number of rotatable bonds is 11. The first-order valence-electron chi connectivity index (χ1n) is 15.3. The molecule has 0 radical (unpaired) electrons. The second-order valence-electron chi connectivity index (χ2n) is 11.1. The number of sulfonamides is 1. The predicted molar refractivity (Wildman–Crippen MR) is 172 cm³/mol. The van der Waals surface area contributed by atoms with Gasteiger partial charge in [0.1, 0.15) is 18.2 Å². The molecule has 0 aliphatic carbocycles. The van der Waals surface area contributed by atoms with Crippen molar-refractivity contribution >= 4 is 33.9 Å². The lowest BCUT2D eigenvalue weighted by Crippen LogP contribution is -2.44. The van der Waals surface area contributed by atoms with Gasteiger partial charge in [-0.3, -0.25) is 19.3 Å². The van der Waals surface area contributed by atoms with Gasteiger partial charge in [0, 0.05) is 42.9 Å². The van der Waals surface area contributed by atoms with Crippen molar-refractivity contribution in [1.29, 1.82) is 5.26 Å². The van der Waals surface area contributed by atoms with E-state index in [1.54, 1.807) is 48.1 Å². The number of carbonyl (C=O) groups excluding carboxylic acids is 3. The molecular formula is C34H35N5O7S. The number of ether oxygens (including phenoxy) is 2. The van der Waals surface area contributed by atoms with E-state index in [0.29, 0.717) is 29.9 Å². The molecule has 1 saturated heterocycles. The standard InChI is InChI=1S/C34H35N5O7S/c1-24-30(33(41)38(34(42)31(24)22-35)17-18-45-19-20-46-25(2)40)21-27-23-39(28-9-5-3-6-10-28)36-32(27)26-11-13-29(14-12-26)47(43,44)37-15-7-4-8-16-37/h3,5-6,9-14,21,23H,4,7-8,15-20H2,1-2H3/b30-21+. The van der Waals surface area contributed by atoms with Crippen LogP contribution in [0.3, 0.4) is 0 Å². The van der Waals surface area contributed by atoms with Gasteiger partial charge in [0.2, 0.25) is 10.0 Å². The molecule has 0 spiro atoms. The third-order valence-electron chi connectivity index (χ3n) is 7.96. The molecule has 0 unspecified atom stereocenters. The molecule has 1 fully saturated rings. The molecule has 2 aromatic carbocycles. The molecule has 5 rings (SSSR count). The maximum Gasteiger partial charge on any atom is 0.302 e. The number of carbonyl (C=O) groups is 3. The number of imide groups is 1. The fourth-order valence-corrected chi connectivity index (χ4v) is 6.98. The van der Waals surface area contributed by atoms with Gasteiger partial charge in [0.05, 0.1) is 36.0 Å². The van der Waals surface area contributed by atoms with E-state index >= 15 is 0 Å². The van der Waals surface area contributed by atoms with E-state index in [2.05, 4.69) is 0 Å². The molecule has 0 atom stereocenters. The number of aromatic nitrogens is 2. The molecule has 0 bridgehead atoms. The summed E-state index contributed by atoms with van der Waals surface area (Å²) in [5, 5.41) is 14.6. The minimum Gasteiger partial charge on any atom is -0.463 e. The Bertz CT molecular complexity index is 1870. The molecule has 2 amide bonds. The van der Waals surface area contributed by atoms with Crippen LogP contribution < -0.4 is 0 Å². The lowest BCUT2D eigenvalue weighted by Gasteiger charge is -2.27. The van der Waals surface area contributed by atoms with Crippen LogP contribution in [0.5, 0.6) is 0 Å². The van der Waals surface area contributed by atoms with Gasteiger partial charge in [-0.25, -0.2) is 13.1 Å². The SMILES string of the molecule is CC(=O)OCCOCCN1C(=O)C(C#N)=C(C)/C(=C\c2cn(-c3ccccc3)nc2-c2ccc(S(=O)(=O)N3CCCCC3)cc2)C1=O. The van der Waals surface area contributed by atoms with Crippen LogP contribution in [0.4, 0.5) is 0 Å². The summed E-state index contributed by atoms with van der Waals surface area (Å²) in [4.78, 5) is 38.9.